The first-order valence-corrected chi connectivity index (χ1v) is 7.07. The lowest BCUT2D eigenvalue weighted by atomic mass is 10.3. The smallest absolute Gasteiger partial charge is 0.158 e. The summed E-state index contributed by atoms with van der Waals surface area (Å²) in [6.45, 7) is 2.79. The number of rotatable bonds is 4. The van der Waals surface area contributed by atoms with Gasteiger partial charge in [0.15, 0.2) is 5.65 Å². The van der Waals surface area contributed by atoms with E-state index < -0.39 is 0 Å². The Kier molecular flexibility index (Phi) is 3.25. The normalized spacial score (nSPS) is 11.6. The molecule has 0 saturated heterocycles. The molecule has 7 heteroatoms. The number of fused-ring (bicyclic) bond motifs is 1. The van der Waals surface area contributed by atoms with Crippen LogP contribution in [0.25, 0.3) is 11.2 Å². The second-order valence-corrected chi connectivity index (χ2v) is 5.16. The summed E-state index contributed by atoms with van der Waals surface area (Å²) in [5.41, 5.74) is 4.09. The average molecular weight is 293 g/mol. The van der Waals surface area contributed by atoms with Gasteiger partial charge in [0.25, 0.3) is 0 Å². The molecule has 0 amide bonds. The molecular formula is C13H17ClN6. The molecule has 0 aliphatic carbocycles. The van der Waals surface area contributed by atoms with E-state index in [9.17, 15) is 0 Å². The van der Waals surface area contributed by atoms with Crippen molar-refractivity contribution in [2.75, 3.05) is 0 Å². The van der Waals surface area contributed by atoms with Crippen LogP contribution < -0.4 is 0 Å². The van der Waals surface area contributed by atoms with Crippen molar-refractivity contribution >= 4 is 22.8 Å². The van der Waals surface area contributed by atoms with E-state index in [4.69, 9.17) is 11.6 Å². The highest BCUT2D eigenvalue weighted by atomic mass is 35.5. The lowest BCUT2D eigenvalue weighted by molar-refractivity contribution is 0.617. The maximum atomic E-state index is 6.03. The van der Waals surface area contributed by atoms with E-state index in [1.807, 2.05) is 42.6 Å². The van der Waals surface area contributed by atoms with Gasteiger partial charge in [-0.25, -0.2) is 4.98 Å². The Balaban J connectivity index is 1.99. The van der Waals surface area contributed by atoms with Gasteiger partial charge in [-0.1, -0.05) is 0 Å². The van der Waals surface area contributed by atoms with Crippen molar-refractivity contribution in [1.82, 2.24) is 29.1 Å². The van der Waals surface area contributed by atoms with Crippen LogP contribution in [0.2, 0.25) is 0 Å². The van der Waals surface area contributed by atoms with Crippen LogP contribution in [-0.4, -0.2) is 29.1 Å². The molecule has 0 spiro atoms. The van der Waals surface area contributed by atoms with Crippen LogP contribution in [0.4, 0.5) is 0 Å². The van der Waals surface area contributed by atoms with Crippen molar-refractivity contribution in [3.8, 4) is 0 Å². The van der Waals surface area contributed by atoms with Crippen molar-refractivity contribution < 1.29 is 0 Å². The SMILES string of the molecule is Cc1nn(C)c2c1nc(CCl)n2CCc1ccnn1C. The quantitative estimate of drug-likeness (QED) is 0.689. The van der Waals surface area contributed by atoms with Crippen LogP contribution in [-0.2, 0) is 32.9 Å². The summed E-state index contributed by atoms with van der Waals surface area (Å²) in [4.78, 5) is 4.60. The fraction of sp³-hybridized carbons (Fsp3) is 0.462. The molecule has 0 aliphatic rings. The molecule has 20 heavy (non-hydrogen) atoms. The number of imidazole rings is 1. The van der Waals surface area contributed by atoms with E-state index in [1.54, 1.807) is 0 Å². The van der Waals surface area contributed by atoms with Crippen molar-refractivity contribution in [1.29, 1.82) is 0 Å². The Morgan fingerprint density at radius 3 is 2.70 bits per heavy atom. The van der Waals surface area contributed by atoms with E-state index in [0.29, 0.717) is 5.88 Å². The molecule has 106 valence electrons. The zero-order valence-corrected chi connectivity index (χ0v) is 12.6. The van der Waals surface area contributed by atoms with E-state index >= 15 is 0 Å². The average Bonchev–Trinajstić information content (AvgIpc) is 3.05. The molecule has 3 aromatic rings. The predicted molar refractivity (Wildman–Crippen MR) is 77.7 cm³/mol. The molecule has 0 aliphatic heterocycles. The number of alkyl halides is 1. The minimum absolute atomic E-state index is 0.402. The van der Waals surface area contributed by atoms with Gasteiger partial charge in [0, 0.05) is 39.0 Å². The van der Waals surface area contributed by atoms with Gasteiger partial charge in [-0.3, -0.25) is 9.36 Å². The Morgan fingerprint density at radius 1 is 1.25 bits per heavy atom. The lowest BCUT2D eigenvalue weighted by Gasteiger charge is -2.08. The molecule has 0 bridgehead atoms. The zero-order chi connectivity index (χ0) is 14.3. The van der Waals surface area contributed by atoms with Gasteiger partial charge in [0.05, 0.1) is 11.6 Å². The Bertz CT molecular complexity index is 750. The highest BCUT2D eigenvalue weighted by Crippen LogP contribution is 2.20. The summed E-state index contributed by atoms with van der Waals surface area (Å²) < 4.78 is 5.91. The molecule has 6 nitrogen and oxygen atoms in total. The Labute approximate surface area is 122 Å². The first kappa shape index (κ1) is 13.2. The summed E-state index contributed by atoms with van der Waals surface area (Å²) in [5.74, 6) is 1.29. The van der Waals surface area contributed by atoms with Gasteiger partial charge >= 0.3 is 0 Å². The molecule has 0 fully saturated rings. The van der Waals surface area contributed by atoms with Crippen LogP contribution in [0.1, 0.15) is 17.2 Å². The minimum atomic E-state index is 0.402. The third-order valence-electron chi connectivity index (χ3n) is 3.60. The molecule has 3 heterocycles. The fourth-order valence-corrected chi connectivity index (χ4v) is 2.79. The number of hydrogen-bond donors (Lipinski definition) is 0. The van der Waals surface area contributed by atoms with Gasteiger partial charge in [-0.15, -0.1) is 11.6 Å². The number of nitrogens with zero attached hydrogens (tertiary/aromatic N) is 6. The maximum Gasteiger partial charge on any atom is 0.158 e. The van der Waals surface area contributed by atoms with Gasteiger partial charge in [0.1, 0.15) is 11.3 Å². The lowest BCUT2D eigenvalue weighted by Crippen LogP contribution is -2.10. The third-order valence-corrected chi connectivity index (χ3v) is 3.84. The maximum absolute atomic E-state index is 6.03. The van der Waals surface area contributed by atoms with Crippen LogP contribution in [0.5, 0.6) is 0 Å². The Morgan fingerprint density at radius 2 is 2.05 bits per heavy atom. The van der Waals surface area contributed by atoms with Gasteiger partial charge in [0.2, 0.25) is 0 Å². The molecule has 3 aromatic heterocycles. The number of aromatic nitrogens is 6. The largest absolute Gasteiger partial charge is 0.312 e. The first-order valence-electron chi connectivity index (χ1n) is 6.53. The van der Waals surface area contributed by atoms with Gasteiger partial charge < -0.3 is 4.57 Å². The minimum Gasteiger partial charge on any atom is -0.312 e. The summed E-state index contributed by atoms with van der Waals surface area (Å²) >= 11 is 6.03. The number of hydrogen-bond acceptors (Lipinski definition) is 3. The second-order valence-electron chi connectivity index (χ2n) is 4.89. The Hall–Kier alpha value is -1.82. The summed E-state index contributed by atoms with van der Waals surface area (Å²) in [7, 11) is 3.89. The highest BCUT2D eigenvalue weighted by Gasteiger charge is 2.16. The van der Waals surface area contributed by atoms with E-state index in [0.717, 1.165) is 35.6 Å². The fourth-order valence-electron chi connectivity index (χ4n) is 2.59. The number of halogens is 1. The molecule has 0 unspecified atom stereocenters. The predicted octanol–water partition coefficient (Wildman–Crippen LogP) is 1.79. The van der Waals surface area contributed by atoms with Crippen molar-refractivity contribution in [2.45, 2.75) is 25.8 Å². The summed E-state index contributed by atoms with van der Waals surface area (Å²) in [6, 6.07) is 2.03. The molecular weight excluding hydrogens is 276 g/mol. The molecule has 0 radical (unpaired) electrons. The third kappa shape index (κ3) is 2.00. The van der Waals surface area contributed by atoms with Crippen molar-refractivity contribution in [2.24, 2.45) is 14.1 Å². The molecule has 0 N–H and O–H groups in total. The summed E-state index contributed by atoms with van der Waals surface area (Å²) in [5, 5.41) is 8.61. The van der Waals surface area contributed by atoms with E-state index in [2.05, 4.69) is 19.7 Å². The van der Waals surface area contributed by atoms with Gasteiger partial charge in [-0.05, 0) is 13.0 Å². The standard InChI is InChI=1S/C13H17ClN6/c1-9-12-13(19(3)17-9)20(11(8-14)16-12)7-5-10-4-6-15-18(10)2/h4,6H,5,7-8H2,1-3H3. The molecule has 3 rings (SSSR count). The zero-order valence-electron chi connectivity index (χ0n) is 11.8. The van der Waals surface area contributed by atoms with Crippen LogP contribution >= 0.6 is 11.6 Å². The topological polar surface area (TPSA) is 53.5 Å². The van der Waals surface area contributed by atoms with Crippen LogP contribution in [0, 0.1) is 6.92 Å². The first-order chi connectivity index (χ1) is 9.61. The molecule has 0 aromatic carbocycles. The monoisotopic (exact) mass is 292 g/mol. The van der Waals surface area contributed by atoms with E-state index in [-0.39, 0.29) is 0 Å². The van der Waals surface area contributed by atoms with Crippen molar-refractivity contribution in [3.05, 3.63) is 29.5 Å². The van der Waals surface area contributed by atoms with Gasteiger partial charge in [-0.2, -0.15) is 10.2 Å². The molecule has 0 saturated carbocycles. The van der Waals surface area contributed by atoms with Crippen molar-refractivity contribution in [3.63, 3.8) is 0 Å². The molecule has 0 atom stereocenters. The van der Waals surface area contributed by atoms with E-state index in [1.165, 1.54) is 5.69 Å². The second kappa shape index (κ2) is 4.94. The summed E-state index contributed by atoms with van der Waals surface area (Å²) in [6.07, 6.45) is 2.70. The number of aryl methyl sites for hydroxylation is 5. The van der Waals surface area contributed by atoms with Crippen LogP contribution in [0.15, 0.2) is 12.3 Å². The van der Waals surface area contributed by atoms with Crippen LogP contribution in [0.3, 0.4) is 0 Å². The highest BCUT2D eigenvalue weighted by molar-refractivity contribution is 6.16.